The zero-order valence-corrected chi connectivity index (χ0v) is 15.5. The van der Waals surface area contributed by atoms with Crippen molar-refractivity contribution >= 4 is 15.9 Å². The van der Waals surface area contributed by atoms with Gasteiger partial charge in [0.1, 0.15) is 0 Å². The number of carbonyl (C=O) groups excluding carboxylic acids is 1. The number of hydrogen-bond donors (Lipinski definition) is 2. The fourth-order valence-electron chi connectivity index (χ4n) is 3.51. The largest absolute Gasteiger partial charge is 0.354 e. The molecule has 2 aromatic rings. The first-order chi connectivity index (χ1) is 12.9. The monoisotopic (exact) mass is 391 g/mol. The zero-order chi connectivity index (χ0) is 19.1. The number of nitrogens with zero attached hydrogens (tertiary/aromatic N) is 3. The molecule has 1 aliphatic heterocycles. The number of piperazine rings is 1. The van der Waals surface area contributed by atoms with Gasteiger partial charge in [-0.05, 0) is 37.1 Å². The fraction of sp³-hybridized carbons (Fsp3) is 0.471. The van der Waals surface area contributed by atoms with E-state index in [1.807, 2.05) is 0 Å². The van der Waals surface area contributed by atoms with Crippen LogP contribution in [-0.4, -0.2) is 48.4 Å². The number of benzene rings is 1. The van der Waals surface area contributed by atoms with Crippen molar-refractivity contribution in [2.45, 2.75) is 36.1 Å². The summed E-state index contributed by atoms with van der Waals surface area (Å²) in [4.78, 5) is 16.0. The molecule has 144 valence electrons. The summed E-state index contributed by atoms with van der Waals surface area (Å²) in [5.74, 6) is 0.497. The van der Waals surface area contributed by atoms with Gasteiger partial charge in [-0.1, -0.05) is 18.0 Å². The van der Waals surface area contributed by atoms with E-state index in [4.69, 9.17) is 10.3 Å². The molecule has 1 amide bonds. The number of sulfonamides is 1. The highest BCUT2D eigenvalue weighted by atomic mass is 32.2. The summed E-state index contributed by atoms with van der Waals surface area (Å²) in [6.45, 7) is 0.388. The van der Waals surface area contributed by atoms with Crippen LogP contribution < -0.4 is 11.1 Å². The Morgan fingerprint density at radius 2 is 1.89 bits per heavy atom. The molecule has 2 fully saturated rings. The predicted octanol–water partition coefficient (Wildman–Crippen LogP) is 0.585. The highest BCUT2D eigenvalue weighted by Crippen LogP contribution is 2.35. The van der Waals surface area contributed by atoms with Crippen LogP contribution in [0.15, 0.2) is 33.7 Å². The van der Waals surface area contributed by atoms with E-state index in [1.165, 1.54) is 16.4 Å². The lowest BCUT2D eigenvalue weighted by Crippen LogP contribution is -2.49. The molecule has 2 heterocycles. The Kier molecular flexibility index (Phi) is 4.49. The number of amides is 1. The van der Waals surface area contributed by atoms with Crippen molar-refractivity contribution in [1.29, 1.82) is 0 Å². The van der Waals surface area contributed by atoms with E-state index < -0.39 is 15.6 Å². The second-order valence-corrected chi connectivity index (χ2v) is 8.94. The molecule has 0 bridgehead atoms. The Morgan fingerprint density at radius 1 is 1.19 bits per heavy atom. The normalized spacial score (nSPS) is 20.6. The van der Waals surface area contributed by atoms with Crippen LogP contribution >= 0.6 is 0 Å². The minimum atomic E-state index is -3.73. The highest BCUT2D eigenvalue weighted by Gasteiger charge is 2.36. The average Bonchev–Trinajstić information content (AvgIpc) is 3.32. The molecular formula is C17H21N5O4S. The van der Waals surface area contributed by atoms with E-state index in [1.54, 1.807) is 12.1 Å². The van der Waals surface area contributed by atoms with Crippen LogP contribution in [0.5, 0.6) is 0 Å². The summed E-state index contributed by atoms with van der Waals surface area (Å²) in [7, 11) is -3.73. The van der Waals surface area contributed by atoms with Crippen LogP contribution in [0, 0.1) is 0 Å². The van der Waals surface area contributed by atoms with Crippen LogP contribution in [0.1, 0.15) is 31.5 Å². The van der Waals surface area contributed by atoms with E-state index in [9.17, 15) is 13.2 Å². The molecule has 1 aromatic carbocycles. The molecule has 9 nitrogen and oxygen atoms in total. The van der Waals surface area contributed by atoms with Gasteiger partial charge in [0.15, 0.2) is 5.82 Å². The van der Waals surface area contributed by atoms with Crippen molar-refractivity contribution in [3.63, 3.8) is 0 Å². The van der Waals surface area contributed by atoms with Crippen LogP contribution in [0.25, 0.3) is 11.5 Å². The van der Waals surface area contributed by atoms with Crippen LogP contribution in [-0.2, 0) is 20.4 Å². The molecule has 0 unspecified atom stereocenters. The Labute approximate surface area is 157 Å². The van der Waals surface area contributed by atoms with Crippen molar-refractivity contribution in [2.24, 2.45) is 5.73 Å². The first-order valence-corrected chi connectivity index (χ1v) is 10.3. The molecular weight excluding hydrogens is 370 g/mol. The Balaban J connectivity index is 1.56. The number of rotatable bonds is 4. The van der Waals surface area contributed by atoms with Crippen molar-refractivity contribution in [1.82, 2.24) is 19.8 Å². The molecule has 4 rings (SSSR count). The molecule has 2 aliphatic rings. The van der Waals surface area contributed by atoms with Gasteiger partial charge in [0.2, 0.25) is 15.9 Å². The number of nitrogens with one attached hydrogen (secondary N) is 1. The Bertz CT molecular complexity index is 948. The SMILES string of the molecule is NC1(c2noc(-c3ccc(S(=O)(=O)N4CCNC(=O)C4)cc3)n2)CCCC1. The summed E-state index contributed by atoms with van der Waals surface area (Å²) in [6, 6.07) is 6.20. The molecule has 1 saturated carbocycles. The third kappa shape index (κ3) is 3.35. The summed E-state index contributed by atoms with van der Waals surface area (Å²) < 4.78 is 31.9. The van der Waals surface area contributed by atoms with Gasteiger partial charge in [-0.3, -0.25) is 4.79 Å². The average molecular weight is 391 g/mol. The molecule has 1 aromatic heterocycles. The zero-order valence-electron chi connectivity index (χ0n) is 14.7. The first kappa shape index (κ1) is 18.1. The number of hydrogen-bond acceptors (Lipinski definition) is 7. The quantitative estimate of drug-likeness (QED) is 0.779. The summed E-state index contributed by atoms with van der Waals surface area (Å²) in [5.41, 5.74) is 6.42. The van der Waals surface area contributed by atoms with Crippen LogP contribution in [0.3, 0.4) is 0 Å². The Morgan fingerprint density at radius 3 is 2.56 bits per heavy atom. The summed E-state index contributed by atoms with van der Waals surface area (Å²) in [6.07, 6.45) is 3.74. The number of nitrogens with two attached hydrogens (primary N) is 1. The molecule has 0 spiro atoms. The van der Waals surface area contributed by atoms with E-state index in [0.29, 0.717) is 23.8 Å². The molecule has 27 heavy (non-hydrogen) atoms. The molecule has 3 N–H and O–H groups in total. The predicted molar refractivity (Wildman–Crippen MR) is 95.8 cm³/mol. The summed E-state index contributed by atoms with van der Waals surface area (Å²) in [5, 5.41) is 6.63. The molecule has 0 atom stereocenters. The third-order valence-electron chi connectivity index (χ3n) is 5.11. The maximum absolute atomic E-state index is 12.7. The van der Waals surface area contributed by atoms with E-state index in [-0.39, 0.29) is 23.9 Å². The van der Waals surface area contributed by atoms with Gasteiger partial charge in [0.05, 0.1) is 17.0 Å². The molecule has 10 heteroatoms. The first-order valence-electron chi connectivity index (χ1n) is 8.89. The third-order valence-corrected chi connectivity index (χ3v) is 6.97. The van der Waals surface area contributed by atoms with E-state index in [2.05, 4.69) is 15.5 Å². The maximum Gasteiger partial charge on any atom is 0.257 e. The van der Waals surface area contributed by atoms with Crippen LogP contribution in [0.2, 0.25) is 0 Å². The smallest absolute Gasteiger partial charge is 0.257 e. The Hall–Kier alpha value is -2.30. The fourth-order valence-corrected chi connectivity index (χ4v) is 4.91. The van der Waals surface area contributed by atoms with Gasteiger partial charge >= 0.3 is 0 Å². The lowest BCUT2D eigenvalue weighted by molar-refractivity contribution is -0.122. The van der Waals surface area contributed by atoms with Gasteiger partial charge in [0, 0.05) is 18.7 Å². The highest BCUT2D eigenvalue weighted by molar-refractivity contribution is 7.89. The van der Waals surface area contributed by atoms with E-state index >= 15 is 0 Å². The van der Waals surface area contributed by atoms with Gasteiger partial charge in [-0.2, -0.15) is 9.29 Å². The summed E-state index contributed by atoms with van der Waals surface area (Å²) >= 11 is 0. The number of carbonyl (C=O) groups is 1. The van der Waals surface area contributed by atoms with Crippen molar-refractivity contribution in [2.75, 3.05) is 19.6 Å². The second kappa shape index (κ2) is 6.70. The molecule has 0 radical (unpaired) electrons. The minimum absolute atomic E-state index is 0.117. The van der Waals surface area contributed by atoms with Crippen molar-refractivity contribution in [3.8, 4) is 11.5 Å². The van der Waals surface area contributed by atoms with E-state index in [0.717, 1.165) is 25.7 Å². The van der Waals surface area contributed by atoms with Crippen LogP contribution in [0.4, 0.5) is 0 Å². The van der Waals surface area contributed by atoms with Crippen molar-refractivity contribution in [3.05, 3.63) is 30.1 Å². The topological polar surface area (TPSA) is 131 Å². The molecule has 1 saturated heterocycles. The second-order valence-electron chi connectivity index (χ2n) is 7.00. The lowest BCUT2D eigenvalue weighted by Gasteiger charge is -2.25. The van der Waals surface area contributed by atoms with Gasteiger partial charge < -0.3 is 15.6 Å². The van der Waals surface area contributed by atoms with Gasteiger partial charge in [0.25, 0.3) is 5.89 Å². The standard InChI is InChI=1S/C17H21N5O4S/c18-17(7-1-2-8-17)16-20-15(26-21-16)12-3-5-13(6-4-12)27(24,25)22-10-9-19-14(23)11-22/h3-6H,1-2,7-11,18H2,(H,19,23). The van der Waals surface area contributed by atoms with Crippen molar-refractivity contribution < 1.29 is 17.7 Å². The minimum Gasteiger partial charge on any atom is -0.354 e. The van der Waals surface area contributed by atoms with Gasteiger partial charge in [-0.15, -0.1) is 0 Å². The lowest BCUT2D eigenvalue weighted by atomic mass is 9.99. The maximum atomic E-state index is 12.7. The van der Waals surface area contributed by atoms with Gasteiger partial charge in [-0.25, -0.2) is 8.42 Å². The molecule has 1 aliphatic carbocycles. The number of aromatic nitrogens is 2.